The maximum Gasteiger partial charge on any atom is 0.416 e. The lowest BCUT2D eigenvalue weighted by Gasteiger charge is -2.36. The molecule has 3 aliphatic rings. The highest BCUT2D eigenvalue weighted by Crippen LogP contribution is 2.39. The summed E-state index contributed by atoms with van der Waals surface area (Å²) < 4.78 is 44.9. The molecular weight excluding hydrogens is 499 g/mol. The molecule has 2 aromatic rings. The van der Waals surface area contributed by atoms with Crippen LogP contribution in [-0.4, -0.2) is 43.7 Å². The van der Waals surface area contributed by atoms with Gasteiger partial charge in [-0.3, -0.25) is 9.59 Å². The number of hydrogen-bond donors (Lipinski definition) is 2. The molecule has 2 amide bonds. The Morgan fingerprint density at radius 2 is 1.97 bits per heavy atom. The van der Waals surface area contributed by atoms with E-state index in [1.807, 2.05) is 11.1 Å². The lowest BCUT2D eigenvalue weighted by atomic mass is 9.78. The van der Waals surface area contributed by atoms with Crippen molar-refractivity contribution in [1.82, 2.24) is 5.06 Å². The highest BCUT2D eigenvalue weighted by atomic mass is 19.4. The molecule has 2 N–H and O–H groups in total. The van der Waals surface area contributed by atoms with E-state index >= 15 is 0 Å². The standard InChI is InChI=1S/C28H30F3N3O4/c1-37-34-10-8-17(9-11-34)23-13-19-4-6-21(16-24(19)33-27(23)36)32-26(35)14-18-3-2-12-38-25-15-20(28(29,30)31)5-7-22(18)25/h4-7,14-17,23H,2-3,8-13H2,1H3,(H,32,35)(H,33,36)/b18-14+. The molecule has 0 aromatic heterocycles. The van der Waals surface area contributed by atoms with Gasteiger partial charge in [0.2, 0.25) is 11.8 Å². The third kappa shape index (κ3) is 5.71. The third-order valence-electron chi connectivity index (χ3n) is 7.55. The molecule has 5 rings (SSSR count). The molecule has 3 aliphatic heterocycles. The lowest BCUT2D eigenvalue weighted by Crippen LogP contribution is -2.41. The number of halogens is 3. The molecule has 0 bridgehead atoms. The number of hydroxylamine groups is 2. The van der Waals surface area contributed by atoms with Crippen molar-refractivity contribution in [1.29, 1.82) is 0 Å². The van der Waals surface area contributed by atoms with Gasteiger partial charge in [-0.15, -0.1) is 0 Å². The van der Waals surface area contributed by atoms with Crippen LogP contribution in [0.3, 0.4) is 0 Å². The van der Waals surface area contributed by atoms with E-state index in [0.29, 0.717) is 47.7 Å². The molecule has 202 valence electrons. The number of rotatable bonds is 4. The van der Waals surface area contributed by atoms with Gasteiger partial charge in [-0.25, -0.2) is 0 Å². The number of alkyl halides is 3. The summed E-state index contributed by atoms with van der Waals surface area (Å²) in [6.45, 7) is 1.88. The number of benzene rings is 2. The van der Waals surface area contributed by atoms with Gasteiger partial charge < -0.3 is 20.2 Å². The Morgan fingerprint density at radius 3 is 2.71 bits per heavy atom. The molecule has 38 heavy (non-hydrogen) atoms. The fourth-order valence-corrected chi connectivity index (χ4v) is 5.49. The minimum absolute atomic E-state index is 0.00718. The predicted octanol–water partition coefficient (Wildman–Crippen LogP) is 5.28. The summed E-state index contributed by atoms with van der Waals surface area (Å²) in [6.07, 6.45) is 0.443. The van der Waals surface area contributed by atoms with Crippen molar-refractivity contribution in [3.8, 4) is 5.75 Å². The van der Waals surface area contributed by atoms with Crippen LogP contribution in [0.5, 0.6) is 5.75 Å². The summed E-state index contributed by atoms with van der Waals surface area (Å²) in [4.78, 5) is 31.1. The summed E-state index contributed by atoms with van der Waals surface area (Å²) in [6, 6.07) is 8.80. The highest BCUT2D eigenvalue weighted by Gasteiger charge is 2.35. The van der Waals surface area contributed by atoms with Crippen molar-refractivity contribution < 1.29 is 32.3 Å². The number of piperidine rings is 1. The number of fused-ring (bicyclic) bond motifs is 2. The Balaban J connectivity index is 1.28. The SMILES string of the molecule is CON1CCC(C2Cc3ccc(NC(=O)/C=C4\CCCOc5cc(C(F)(F)F)ccc54)cc3NC2=O)CC1. The molecule has 0 radical (unpaired) electrons. The minimum atomic E-state index is -4.48. The Morgan fingerprint density at radius 1 is 1.18 bits per heavy atom. The predicted molar refractivity (Wildman–Crippen MR) is 136 cm³/mol. The van der Waals surface area contributed by atoms with E-state index in [2.05, 4.69) is 10.6 Å². The zero-order valence-electron chi connectivity index (χ0n) is 21.1. The number of amides is 2. The van der Waals surface area contributed by atoms with Crippen LogP contribution in [0.2, 0.25) is 0 Å². The van der Waals surface area contributed by atoms with Crippen LogP contribution in [0.4, 0.5) is 24.5 Å². The monoisotopic (exact) mass is 529 g/mol. The van der Waals surface area contributed by atoms with Gasteiger partial charge in [0, 0.05) is 42.0 Å². The highest BCUT2D eigenvalue weighted by molar-refractivity contribution is 6.05. The number of nitrogens with one attached hydrogen (secondary N) is 2. The van der Waals surface area contributed by atoms with E-state index in [4.69, 9.17) is 9.57 Å². The third-order valence-corrected chi connectivity index (χ3v) is 7.55. The van der Waals surface area contributed by atoms with E-state index in [1.165, 1.54) is 12.1 Å². The van der Waals surface area contributed by atoms with Crippen molar-refractivity contribution in [3.63, 3.8) is 0 Å². The summed E-state index contributed by atoms with van der Waals surface area (Å²) in [5.41, 5.74) is 2.52. The lowest BCUT2D eigenvalue weighted by molar-refractivity contribution is -0.153. The molecule has 3 heterocycles. The molecule has 0 saturated carbocycles. The zero-order valence-corrected chi connectivity index (χ0v) is 21.1. The Kier molecular flexibility index (Phi) is 7.45. The Labute approximate surface area is 218 Å². The van der Waals surface area contributed by atoms with Crippen LogP contribution < -0.4 is 15.4 Å². The van der Waals surface area contributed by atoms with Crippen LogP contribution in [0.15, 0.2) is 42.5 Å². The fourth-order valence-electron chi connectivity index (χ4n) is 5.49. The number of carbonyl (C=O) groups excluding carboxylic acids is 2. The van der Waals surface area contributed by atoms with Gasteiger partial charge in [-0.2, -0.15) is 18.2 Å². The van der Waals surface area contributed by atoms with E-state index < -0.39 is 17.6 Å². The summed E-state index contributed by atoms with van der Waals surface area (Å²) in [7, 11) is 1.66. The molecule has 0 aliphatic carbocycles. The van der Waals surface area contributed by atoms with Gasteiger partial charge in [0.25, 0.3) is 0 Å². The summed E-state index contributed by atoms with van der Waals surface area (Å²) in [5.74, 6) is -0.0959. The van der Waals surface area contributed by atoms with Gasteiger partial charge >= 0.3 is 6.18 Å². The molecule has 10 heteroatoms. The number of carbonyl (C=O) groups is 2. The van der Waals surface area contributed by atoms with E-state index in [1.54, 1.807) is 19.2 Å². The normalized spacial score (nSPS) is 21.6. The van der Waals surface area contributed by atoms with Crippen molar-refractivity contribution >= 4 is 28.8 Å². The number of nitrogens with zero attached hydrogens (tertiary/aromatic N) is 1. The minimum Gasteiger partial charge on any atom is -0.493 e. The van der Waals surface area contributed by atoms with Gasteiger partial charge in [0.1, 0.15) is 5.75 Å². The maximum absolute atomic E-state index is 13.1. The number of ether oxygens (including phenoxy) is 1. The van der Waals surface area contributed by atoms with Crippen molar-refractivity contribution in [2.45, 2.75) is 38.3 Å². The molecule has 7 nitrogen and oxygen atoms in total. The largest absolute Gasteiger partial charge is 0.493 e. The van der Waals surface area contributed by atoms with Crippen molar-refractivity contribution in [2.24, 2.45) is 11.8 Å². The average molecular weight is 530 g/mol. The van der Waals surface area contributed by atoms with Crippen LogP contribution in [0.1, 0.15) is 42.4 Å². The number of hydrogen-bond acceptors (Lipinski definition) is 5. The van der Waals surface area contributed by atoms with E-state index in [0.717, 1.165) is 43.6 Å². The second-order valence-electron chi connectivity index (χ2n) is 9.94. The first-order chi connectivity index (χ1) is 18.2. The summed E-state index contributed by atoms with van der Waals surface area (Å²) in [5, 5.41) is 7.74. The molecule has 2 aromatic carbocycles. The Bertz CT molecular complexity index is 1250. The van der Waals surface area contributed by atoms with Gasteiger partial charge in [-0.05, 0) is 73.4 Å². The van der Waals surface area contributed by atoms with Gasteiger partial charge in [0.15, 0.2) is 0 Å². The Hall–Kier alpha value is -3.37. The first kappa shape index (κ1) is 26.2. The average Bonchev–Trinajstić information content (AvgIpc) is 3.09. The van der Waals surface area contributed by atoms with E-state index in [9.17, 15) is 22.8 Å². The molecule has 1 atom stereocenters. The molecular formula is C28H30F3N3O4. The van der Waals surface area contributed by atoms with Crippen LogP contribution >= 0.6 is 0 Å². The van der Waals surface area contributed by atoms with Crippen LogP contribution in [-0.2, 0) is 27.0 Å². The topological polar surface area (TPSA) is 79.9 Å². The second-order valence-corrected chi connectivity index (χ2v) is 9.94. The first-order valence-electron chi connectivity index (χ1n) is 12.8. The second kappa shape index (κ2) is 10.8. The fraction of sp³-hybridized carbons (Fsp3) is 0.429. The zero-order chi connectivity index (χ0) is 26.9. The number of anilines is 2. The van der Waals surface area contributed by atoms with Crippen molar-refractivity contribution in [2.75, 3.05) is 37.4 Å². The number of allylic oxidation sites excluding steroid dienone is 1. The summed E-state index contributed by atoms with van der Waals surface area (Å²) >= 11 is 0. The van der Waals surface area contributed by atoms with Crippen LogP contribution in [0.25, 0.3) is 5.57 Å². The molecule has 1 fully saturated rings. The van der Waals surface area contributed by atoms with Crippen molar-refractivity contribution in [3.05, 3.63) is 59.2 Å². The quantitative estimate of drug-likeness (QED) is 0.527. The molecule has 0 spiro atoms. The van der Waals surface area contributed by atoms with E-state index in [-0.39, 0.29) is 24.2 Å². The molecule has 1 unspecified atom stereocenters. The maximum atomic E-state index is 13.1. The smallest absolute Gasteiger partial charge is 0.416 e. The first-order valence-corrected chi connectivity index (χ1v) is 12.8. The molecule has 1 saturated heterocycles. The van der Waals surface area contributed by atoms with Gasteiger partial charge in [0.05, 0.1) is 19.3 Å². The van der Waals surface area contributed by atoms with Crippen LogP contribution in [0, 0.1) is 11.8 Å². The van der Waals surface area contributed by atoms with Gasteiger partial charge in [-0.1, -0.05) is 12.1 Å².